The van der Waals surface area contributed by atoms with Crippen LogP contribution in [0.3, 0.4) is 0 Å². The first kappa shape index (κ1) is 23.4. The molecule has 0 heterocycles. The van der Waals surface area contributed by atoms with Gasteiger partial charge >= 0.3 is 12.2 Å². The normalized spacial score (nSPS) is 11.1. The Bertz CT molecular complexity index is 873. The third-order valence-corrected chi connectivity index (χ3v) is 4.17. The highest BCUT2D eigenvalue weighted by molar-refractivity contribution is 5.90. The number of amides is 3. The number of hydrogen-bond acceptors (Lipinski definition) is 6. The predicted molar refractivity (Wildman–Crippen MR) is 112 cm³/mol. The molecule has 0 fully saturated rings. The zero-order valence-corrected chi connectivity index (χ0v) is 16.9. The largest absolute Gasteiger partial charge is 0.445 e. The molecule has 0 radical (unpaired) electrons. The van der Waals surface area contributed by atoms with Crippen molar-refractivity contribution in [3.8, 4) is 0 Å². The number of nitrogens with one attached hydrogen (secondary N) is 2. The van der Waals surface area contributed by atoms with Crippen LogP contribution in [0.1, 0.15) is 24.0 Å². The van der Waals surface area contributed by atoms with Crippen LogP contribution in [0, 0.1) is 0 Å². The highest BCUT2D eigenvalue weighted by Crippen LogP contribution is 2.03. The average Bonchev–Trinajstić information content (AvgIpc) is 2.77. The minimum atomic E-state index is -1.21. The third kappa shape index (κ3) is 9.44. The van der Waals surface area contributed by atoms with Crippen LogP contribution in [0.25, 0.3) is 0 Å². The van der Waals surface area contributed by atoms with Crippen molar-refractivity contribution in [1.82, 2.24) is 10.6 Å². The Kier molecular flexibility index (Phi) is 9.54. The van der Waals surface area contributed by atoms with Crippen LogP contribution in [0.4, 0.5) is 9.59 Å². The summed E-state index contributed by atoms with van der Waals surface area (Å²) in [6.45, 7) is 0.150. The molecule has 0 spiro atoms. The zero-order chi connectivity index (χ0) is 22.5. The number of ketones is 1. The molecule has 1 unspecified atom stereocenters. The molecule has 0 saturated heterocycles. The lowest BCUT2D eigenvalue weighted by atomic mass is 10.1. The summed E-state index contributed by atoms with van der Waals surface area (Å²) in [6.07, 6.45) is -1.88. The molecule has 31 heavy (non-hydrogen) atoms. The van der Waals surface area contributed by atoms with Crippen molar-refractivity contribution in [2.75, 3.05) is 6.54 Å². The van der Waals surface area contributed by atoms with Gasteiger partial charge < -0.3 is 25.8 Å². The van der Waals surface area contributed by atoms with Gasteiger partial charge in [-0.1, -0.05) is 60.7 Å². The standard InChI is InChI=1S/C22H25N3O6/c23-20(27)19(25-22(29)31-15-17-9-5-2-6-10-17)13-18(26)11-12-24-21(28)30-14-16-7-3-1-4-8-16/h1-10,19H,11-15H2,(H2,23,27)(H,24,28)(H,25,29). The number of ether oxygens (including phenoxy) is 2. The number of primary amides is 1. The van der Waals surface area contributed by atoms with Crippen molar-refractivity contribution in [1.29, 1.82) is 0 Å². The number of benzene rings is 2. The Labute approximate surface area is 179 Å². The van der Waals surface area contributed by atoms with E-state index in [1.807, 2.05) is 36.4 Å². The molecule has 3 amide bonds. The Hall–Kier alpha value is -3.88. The molecule has 0 aliphatic heterocycles. The summed E-state index contributed by atoms with van der Waals surface area (Å²) < 4.78 is 10.1. The molecule has 0 aromatic heterocycles. The molecule has 0 saturated carbocycles. The first-order valence-electron chi connectivity index (χ1n) is 9.67. The van der Waals surface area contributed by atoms with Crippen molar-refractivity contribution in [2.24, 2.45) is 5.73 Å². The van der Waals surface area contributed by atoms with Crippen molar-refractivity contribution < 1.29 is 28.7 Å². The SMILES string of the molecule is NC(=O)C(CC(=O)CCNC(=O)OCc1ccccc1)NC(=O)OCc1ccccc1. The summed E-state index contributed by atoms with van der Waals surface area (Å²) in [7, 11) is 0. The van der Waals surface area contributed by atoms with E-state index in [-0.39, 0.29) is 38.4 Å². The fraction of sp³-hybridized carbons (Fsp3) is 0.273. The second kappa shape index (κ2) is 12.6. The Morgan fingerprint density at radius 3 is 1.84 bits per heavy atom. The summed E-state index contributed by atoms with van der Waals surface area (Å²) in [5.74, 6) is -1.23. The molecule has 164 valence electrons. The summed E-state index contributed by atoms with van der Waals surface area (Å²) in [6, 6.07) is 16.9. The molecule has 1 atom stereocenters. The quantitative estimate of drug-likeness (QED) is 0.502. The van der Waals surface area contributed by atoms with Crippen LogP contribution in [-0.4, -0.2) is 36.5 Å². The highest BCUT2D eigenvalue weighted by atomic mass is 16.6. The maximum atomic E-state index is 12.1. The van der Waals surface area contributed by atoms with Crippen LogP contribution >= 0.6 is 0 Å². The lowest BCUT2D eigenvalue weighted by Crippen LogP contribution is -2.46. The molecule has 0 bridgehead atoms. The number of hydrogen-bond donors (Lipinski definition) is 3. The van der Waals surface area contributed by atoms with Crippen LogP contribution < -0.4 is 16.4 Å². The summed E-state index contributed by atoms with van der Waals surface area (Å²) in [4.78, 5) is 47.2. The van der Waals surface area contributed by atoms with Gasteiger partial charge in [0.15, 0.2) is 0 Å². The van der Waals surface area contributed by atoms with E-state index in [0.29, 0.717) is 0 Å². The fourth-order valence-electron chi connectivity index (χ4n) is 2.54. The molecule has 2 aromatic carbocycles. The van der Waals surface area contributed by atoms with Crippen LogP contribution in [-0.2, 0) is 32.3 Å². The van der Waals surface area contributed by atoms with Gasteiger partial charge in [-0.3, -0.25) is 9.59 Å². The second-order valence-electron chi connectivity index (χ2n) is 6.64. The Balaban J connectivity index is 1.67. The topological polar surface area (TPSA) is 137 Å². The molecule has 0 aliphatic carbocycles. The van der Waals surface area contributed by atoms with Gasteiger partial charge in [0, 0.05) is 19.4 Å². The van der Waals surface area contributed by atoms with E-state index in [9.17, 15) is 19.2 Å². The minimum Gasteiger partial charge on any atom is -0.445 e. The minimum absolute atomic E-state index is 0.0150. The molecule has 9 heteroatoms. The number of Topliss-reactive ketones (excluding diaryl/α,β-unsaturated/α-hetero) is 1. The zero-order valence-electron chi connectivity index (χ0n) is 16.9. The van der Waals surface area contributed by atoms with Crippen LogP contribution in [0.2, 0.25) is 0 Å². The number of carbonyl (C=O) groups is 4. The first-order valence-corrected chi connectivity index (χ1v) is 9.67. The fourth-order valence-corrected chi connectivity index (χ4v) is 2.54. The van der Waals surface area contributed by atoms with Crippen molar-refractivity contribution in [3.63, 3.8) is 0 Å². The maximum absolute atomic E-state index is 12.1. The molecule has 9 nitrogen and oxygen atoms in total. The molecule has 4 N–H and O–H groups in total. The lowest BCUT2D eigenvalue weighted by Gasteiger charge is -2.15. The molecule has 2 rings (SSSR count). The monoisotopic (exact) mass is 427 g/mol. The van der Waals surface area contributed by atoms with E-state index in [2.05, 4.69) is 10.6 Å². The predicted octanol–water partition coefficient (Wildman–Crippen LogP) is 2.04. The smallest absolute Gasteiger partial charge is 0.408 e. The van der Waals surface area contributed by atoms with E-state index in [0.717, 1.165) is 11.1 Å². The average molecular weight is 427 g/mol. The van der Waals surface area contributed by atoms with Crippen molar-refractivity contribution in [3.05, 3.63) is 71.8 Å². The van der Waals surface area contributed by atoms with Gasteiger partial charge in [-0.15, -0.1) is 0 Å². The number of rotatable bonds is 11. The second-order valence-corrected chi connectivity index (χ2v) is 6.64. The molecule has 2 aromatic rings. The van der Waals surface area contributed by atoms with Gasteiger partial charge in [0.25, 0.3) is 0 Å². The number of alkyl carbamates (subject to hydrolysis) is 2. The molecular formula is C22H25N3O6. The van der Waals surface area contributed by atoms with Crippen LogP contribution in [0.5, 0.6) is 0 Å². The number of nitrogens with two attached hydrogens (primary N) is 1. The van der Waals surface area contributed by atoms with E-state index in [1.165, 1.54) is 0 Å². The molecule has 0 aliphatic rings. The summed E-state index contributed by atoms with van der Waals surface area (Å²) in [5, 5.41) is 4.74. The first-order chi connectivity index (χ1) is 14.9. The van der Waals surface area contributed by atoms with Crippen LogP contribution in [0.15, 0.2) is 60.7 Å². The third-order valence-electron chi connectivity index (χ3n) is 4.17. The maximum Gasteiger partial charge on any atom is 0.408 e. The van der Waals surface area contributed by atoms with E-state index >= 15 is 0 Å². The van der Waals surface area contributed by atoms with Gasteiger partial charge in [-0.25, -0.2) is 9.59 Å². The van der Waals surface area contributed by atoms with Gasteiger partial charge in [-0.2, -0.15) is 0 Å². The highest BCUT2D eigenvalue weighted by Gasteiger charge is 2.22. The Morgan fingerprint density at radius 1 is 0.806 bits per heavy atom. The van der Waals surface area contributed by atoms with Gasteiger partial charge in [0.2, 0.25) is 5.91 Å². The van der Waals surface area contributed by atoms with E-state index < -0.39 is 24.1 Å². The lowest BCUT2D eigenvalue weighted by molar-refractivity contribution is -0.125. The van der Waals surface area contributed by atoms with Crippen molar-refractivity contribution in [2.45, 2.75) is 32.1 Å². The van der Waals surface area contributed by atoms with Gasteiger partial charge in [-0.05, 0) is 11.1 Å². The molecular weight excluding hydrogens is 402 g/mol. The summed E-state index contributed by atoms with van der Waals surface area (Å²) >= 11 is 0. The number of carbonyl (C=O) groups excluding carboxylic acids is 4. The Morgan fingerprint density at radius 2 is 1.32 bits per heavy atom. The van der Waals surface area contributed by atoms with Gasteiger partial charge in [0.05, 0.1) is 0 Å². The van der Waals surface area contributed by atoms with E-state index in [4.69, 9.17) is 15.2 Å². The summed E-state index contributed by atoms with van der Waals surface area (Å²) in [5.41, 5.74) is 6.87. The van der Waals surface area contributed by atoms with Gasteiger partial charge in [0.1, 0.15) is 25.0 Å². The van der Waals surface area contributed by atoms with E-state index in [1.54, 1.807) is 24.3 Å². The van der Waals surface area contributed by atoms with Crippen molar-refractivity contribution >= 4 is 23.9 Å².